The van der Waals surface area contributed by atoms with Gasteiger partial charge in [-0.25, -0.2) is 8.57 Å². The molecule has 28 heavy (non-hydrogen) atoms. The van der Waals surface area contributed by atoms with Crippen molar-refractivity contribution in [3.63, 3.8) is 0 Å². The van der Waals surface area contributed by atoms with Gasteiger partial charge in [-0.3, -0.25) is 0 Å². The largest absolute Gasteiger partial charge is 0.523 e. The number of rotatable bonds is 7. The topological polar surface area (TPSA) is 52.6 Å². The fourth-order valence-electron chi connectivity index (χ4n) is 1.98. The van der Waals surface area contributed by atoms with Gasteiger partial charge in [-0.05, 0) is 48.2 Å². The van der Waals surface area contributed by atoms with Crippen molar-refractivity contribution < 1.29 is 43.7 Å². The predicted molar refractivity (Wildman–Crippen MR) is 89.0 cm³/mol. The molecule has 2 aromatic carbocycles. The summed E-state index contributed by atoms with van der Waals surface area (Å²) in [6.07, 6.45) is -5.83. The Labute approximate surface area is 160 Å². The van der Waals surface area contributed by atoms with E-state index in [-0.39, 0.29) is 0 Å². The third kappa shape index (κ3) is 5.32. The molecule has 0 saturated heterocycles. The van der Waals surface area contributed by atoms with Gasteiger partial charge in [0.25, 0.3) is 0 Å². The second-order valence-electron chi connectivity index (χ2n) is 5.27. The van der Waals surface area contributed by atoms with E-state index < -0.39 is 45.0 Å². The molecule has 0 amide bonds. The van der Waals surface area contributed by atoms with Crippen molar-refractivity contribution in [1.82, 2.24) is 0 Å². The van der Waals surface area contributed by atoms with Crippen molar-refractivity contribution in [3.8, 4) is 5.75 Å². The maximum absolute atomic E-state index is 14.6. The van der Waals surface area contributed by atoms with Gasteiger partial charge in [-0.15, -0.1) is 11.8 Å². The van der Waals surface area contributed by atoms with Gasteiger partial charge in [0.1, 0.15) is 11.6 Å². The summed E-state index contributed by atoms with van der Waals surface area (Å²) in [6.45, 7) is 0. The van der Waals surface area contributed by atoms with Gasteiger partial charge in [-0.2, -0.15) is 30.4 Å². The van der Waals surface area contributed by atoms with Crippen molar-refractivity contribution in [2.75, 3.05) is 6.26 Å². The van der Waals surface area contributed by atoms with E-state index >= 15 is 0 Å². The molecule has 0 N–H and O–H groups in total. The minimum atomic E-state index is -6.40. The molecule has 0 aliphatic heterocycles. The summed E-state index contributed by atoms with van der Waals surface area (Å²) in [4.78, 5) is 0.696. The van der Waals surface area contributed by atoms with E-state index in [2.05, 4.69) is 8.92 Å². The summed E-state index contributed by atoms with van der Waals surface area (Å²) in [6, 6.07) is 7.73. The lowest BCUT2D eigenvalue weighted by Crippen LogP contribution is -2.38. The van der Waals surface area contributed by atoms with Crippen LogP contribution in [-0.4, -0.2) is 26.3 Å². The number of hydrogen-bond acceptors (Lipinski definition) is 5. The van der Waals surface area contributed by atoms with E-state index in [4.69, 9.17) is 0 Å². The average Bonchev–Trinajstić information content (AvgIpc) is 2.60. The molecule has 0 fully saturated rings. The van der Waals surface area contributed by atoms with E-state index in [0.29, 0.717) is 29.2 Å². The van der Waals surface area contributed by atoms with Crippen LogP contribution >= 0.6 is 11.8 Å². The lowest BCUT2D eigenvalue weighted by Gasteiger charge is -2.27. The molecule has 12 heteroatoms. The van der Waals surface area contributed by atoms with Crippen LogP contribution in [0, 0.1) is 5.82 Å². The maximum atomic E-state index is 14.6. The van der Waals surface area contributed by atoms with Crippen LogP contribution in [0.1, 0.15) is 11.7 Å². The Hall–Kier alpha value is -1.92. The highest BCUT2D eigenvalue weighted by Crippen LogP contribution is 2.40. The lowest BCUT2D eigenvalue weighted by molar-refractivity contribution is -0.236. The van der Waals surface area contributed by atoms with Crippen LogP contribution in [0.25, 0.3) is 0 Å². The maximum Gasteiger partial charge on any atom is 0.523 e. The van der Waals surface area contributed by atoms with Crippen LogP contribution < -0.4 is 4.74 Å². The third-order valence-corrected chi connectivity index (χ3v) is 5.05. The number of ether oxygens (including phenoxy) is 1. The Bertz CT molecular complexity index is 896. The summed E-state index contributed by atoms with van der Waals surface area (Å²) >= 11 is 1.30. The van der Waals surface area contributed by atoms with Crippen molar-refractivity contribution in [2.45, 2.75) is 22.6 Å². The van der Waals surface area contributed by atoms with Crippen LogP contribution in [0.5, 0.6) is 5.75 Å². The molecule has 2 rings (SSSR count). The SMILES string of the molecule is CSc1ccc(OC(F)(F)C(OS(=O)(=O)C(F)(F)F)c2ccc(F)cc2)cc1. The Morgan fingerprint density at radius 2 is 1.46 bits per heavy atom. The molecule has 0 saturated carbocycles. The van der Waals surface area contributed by atoms with Gasteiger partial charge in [0.2, 0.25) is 6.10 Å². The molecular weight excluding hydrogens is 434 g/mol. The van der Waals surface area contributed by atoms with Crippen LogP contribution in [0.2, 0.25) is 0 Å². The number of benzene rings is 2. The molecule has 0 aliphatic carbocycles. The number of hydrogen-bond donors (Lipinski definition) is 0. The standard InChI is InChI=1S/C16H12F6O4S2/c1-27-13-8-6-12(7-9-13)25-15(18,19)14(10-2-4-11(17)5-3-10)26-28(23,24)16(20,21)22/h2-9,14H,1H3. The average molecular weight is 446 g/mol. The monoisotopic (exact) mass is 446 g/mol. The molecule has 1 atom stereocenters. The summed E-state index contributed by atoms with van der Waals surface area (Å²) in [5.74, 6) is -1.32. The normalized spacial score (nSPS) is 14.0. The van der Waals surface area contributed by atoms with Gasteiger partial charge >= 0.3 is 21.7 Å². The molecule has 0 aliphatic rings. The van der Waals surface area contributed by atoms with Crippen molar-refractivity contribution in [1.29, 1.82) is 0 Å². The van der Waals surface area contributed by atoms with Crippen molar-refractivity contribution >= 4 is 21.9 Å². The van der Waals surface area contributed by atoms with Crippen molar-refractivity contribution in [3.05, 3.63) is 59.9 Å². The summed E-state index contributed by atoms with van der Waals surface area (Å²) in [7, 11) is -6.40. The fourth-order valence-corrected chi connectivity index (χ4v) is 2.97. The first-order valence-corrected chi connectivity index (χ1v) is 9.95. The summed E-state index contributed by atoms with van der Waals surface area (Å²) in [5, 5.41) is 0. The minimum Gasteiger partial charge on any atom is -0.430 e. The van der Waals surface area contributed by atoms with Gasteiger partial charge < -0.3 is 4.74 Å². The second kappa shape index (κ2) is 8.21. The molecule has 0 heterocycles. The summed E-state index contributed by atoms with van der Waals surface area (Å²) < 4.78 is 111. The van der Waals surface area contributed by atoms with Crippen molar-refractivity contribution in [2.24, 2.45) is 0 Å². The summed E-state index contributed by atoms with van der Waals surface area (Å²) in [5.41, 5.74) is -6.68. The van der Waals surface area contributed by atoms with Crippen LogP contribution in [0.15, 0.2) is 53.4 Å². The lowest BCUT2D eigenvalue weighted by atomic mass is 10.1. The van der Waals surface area contributed by atoms with E-state index in [9.17, 15) is 34.8 Å². The van der Waals surface area contributed by atoms with Crippen LogP contribution in [0.3, 0.4) is 0 Å². The molecule has 0 radical (unpaired) electrons. The Kier molecular flexibility index (Phi) is 6.56. The van der Waals surface area contributed by atoms with Gasteiger partial charge in [0.05, 0.1) is 0 Å². The van der Waals surface area contributed by atoms with E-state index in [1.165, 1.54) is 23.9 Å². The van der Waals surface area contributed by atoms with Gasteiger partial charge in [0, 0.05) is 4.90 Å². The molecule has 154 valence electrons. The quantitative estimate of drug-likeness (QED) is 0.256. The van der Waals surface area contributed by atoms with E-state index in [1.54, 1.807) is 6.26 Å². The Morgan fingerprint density at radius 3 is 1.93 bits per heavy atom. The third-order valence-electron chi connectivity index (χ3n) is 3.30. The zero-order valence-electron chi connectivity index (χ0n) is 13.9. The first kappa shape index (κ1) is 22.4. The number of alkyl halides is 5. The van der Waals surface area contributed by atoms with Gasteiger partial charge in [0.15, 0.2) is 0 Å². The molecule has 0 aromatic heterocycles. The minimum absolute atomic E-state index is 0.442. The molecule has 1 unspecified atom stereocenters. The molecule has 0 bridgehead atoms. The van der Waals surface area contributed by atoms with E-state index in [0.717, 1.165) is 12.1 Å². The predicted octanol–water partition coefficient (Wildman–Crippen LogP) is 5.13. The first-order valence-electron chi connectivity index (χ1n) is 7.31. The van der Waals surface area contributed by atoms with Crippen LogP contribution in [0.4, 0.5) is 26.3 Å². The molecular formula is C16H12F6O4S2. The zero-order chi connectivity index (χ0) is 21.2. The highest BCUT2D eigenvalue weighted by molar-refractivity contribution is 7.98. The Balaban J connectivity index is 2.41. The zero-order valence-corrected chi connectivity index (χ0v) is 15.5. The molecule has 4 nitrogen and oxygen atoms in total. The highest BCUT2D eigenvalue weighted by atomic mass is 32.2. The number of halogens is 6. The van der Waals surface area contributed by atoms with Gasteiger partial charge in [-0.1, -0.05) is 12.1 Å². The fraction of sp³-hybridized carbons (Fsp3) is 0.250. The van der Waals surface area contributed by atoms with E-state index in [1.807, 2.05) is 0 Å². The second-order valence-corrected chi connectivity index (χ2v) is 7.71. The Morgan fingerprint density at radius 1 is 0.929 bits per heavy atom. The first-order chi connectivity index (χ1) is 12.9. The smallest absolute Gasteiger partial charge is 0.430 e. The molecule has 2 aromatic rings. The molecule has 0 spiro atoms. The highest BCUT2D eigenvalue weighted by Gasteiger charge is 2.55. The number of thioether (sulfide) groups is 1. The van der Waals surface area contributed by atoms with Crippen LogP contribution in [-0.2, 0) is 14.3 Å².